The Morgan fingerprint density at radius 1 is 1.15 bits per heavy atom. The average molecular weight is 479 g/mol. The van der Waals surface area contributed by atoms with Gasteiger partial charge in [-0.3, -0.25) is 4.99 Å². The fourth-order valence-corrected chi connectivity index (χ4v) is 2.99. The molecule has 0 aliphatic heterocycles. The van der Waals surface area contributed by atoms with Crippen molar-refractivity contribution in [3.05, 3.63) is 24.2 Å². The molecule has 26 heavy (non-hydrogen) atoms. The molecule has 0 radical (unpaired) electrons. The number of aliphatic imine (C=N–C) groups is 1. The summed E-state index contributed by atoms with van der Waals surface area (Å²) < 4.78 is 16.4. The summed E-state index contributed by atoms with van der Waals surface area (Å²) in [5.41, 5.74) is 0. The van der Waals surface area contributed by atoms with Crippen LogP contribution < -0.4 is 10.6 Å². The molecular formula is C19H34IN3O3. The van der Waals surface area contributed by atoms with E-state index in [1.165, 1.54) is 38.5 Å². The highest BCUT2D eigenvalue weighted by atomic mass is 127. The van der Waals surface area contributed by atoms with Crippen LogP contribution in [0.5, 0.6) is 0 Å². The van der Waals surface area contributed by atoms with Gasteiger partial charge in [-0.15, -0.1) is 24.0 Å². The van der Waals surface area contributed by atoms with Gasteiger partial charge in [0, 0.05) is 26.6 Å². The molecule has 7 heteroatoms. The molecule has 0 aromatic carbocycles. The molecule has 0 amide bonds. The third-order valence-electron chi connectivity index (χ3n) is 4.36. The van der Waals surface area contributed by atoms with Crippen molar-refractivity contribution < 1.29 is 13.9 Å². The third kappa shape index (κ3) is 10.4. The lowest BCUT2D eigenvalue weighted by Gasteiger charge is -2.15. The molecule has 0 saturated heterocycles. The molecule has 1 saturated carbocycles. The topological polar surface area (TPSA) is 68.0 Å². The van der Waals surface area contributed by atoms with Gasteiger partial charge < -0.3 is 24.5 Å². The Morgan fingerprint density at radius 3 is 2.62 bits per heavy atom. The van der Waals surface area contributed by atoms with Crippen molar-refractivity contribution in [1.29, 1.82) is 0 Å². The number of halogens is 1. The van der Waals surface area contributed by atoms with Crippen LogP contribution >= 0.6 is 24.0 Å². The van der Waals surface area contributed by atoms with Crippen LogP contribution in [0.25, 0.3) is 0 Å². The second kappa shape index (κ2) is 15.3. The van der Waals surface area contributed by atoms with Crippen molar-refractivity contribution in [1.82, 2.24) is 10.6 Å². The van der Waals surface area contributed by atoms with E-state index in [1.807, 2.05) is 12.1 Å². The SMILES string of the molecule is COCCNC(=NCCOC1CCCCCC1)NCCc1ccco1.I. The van der Waals surface area contributed by atoms with Crippen LogP contribution in [0, 0.1) is 0 Å². The second-order valence-corrected chi connectivity index (χ2v) is 6.39. The Balaban J connectivity index is 0.00000338. The largest absolute Gasteiger partial charge is 0.469 e. The Kier molecular flexibility index (Phi) is 13.7. The van der Waals surface area contributed by atoms with Crippen LogP contribution in [0.1, 0.15) is 44.3 Å². The van der Waals surface area contributed by atoms with Crippen molar-refractivity contribution in [2.75, 3.05) is 40.0 Å². The smallest absolute Gasteiger partial charge is 0.191 e. The van der Waals surface area contributed by atoms with Crippen LogP contribution in [0.2, 0.25) is 0 Å². The normalized spacial score (nSPS) is 16.0. The zero-order valence-electron chi connectivity index (χ0n) is 15.9. The summed E-state index contributed by atoms with van der Waals surface area (Å²) in [5.74, 6) is 1.77. The van der Waals surface area contributed by atoms with Crippen molar-refractivity contribution >= 4 is 29.9 Å². The van der Waals surface area contributed by atoms with Crippen LogP contribution in [0.15, 0.2) is 27.8 Å². The lowest BCUT2D eigenvalue weighted by molar-refractivity contribution is 0.0487. The zero-order valence-corrected chi connectivity index (χ0v) is 18.2. The molecule has 150 valence electrons. The lowest BCUT2D eigenvalue weighted by Crippen LogP contribution is -2.40. The van der Waals surface area contributed by atoms with Gasteiger partial charge in [0.1, 0.15) is 5.76 Å². The van der Waals surface area contributed by atoms with Crippen molar-refractivity contribution in [3.8, 4) is 0 Å². The Morgan fingerprint density at radius 2 is 1.92 bits per heavy atom. The fraction of sp³-hybridized carbons (Fsp3) is 0.737. The monoisotopic (exact) mass is 479 g/mol. The minimum absolute atomic E-state index is 0. The molecule has 1 aliphatic carbocycles. The van der Waals surface area contributed by atoms with Gasteiger partial charge in [-0.1, -0.05) is 25.7 Å². The number of ether oxygens (including phenoxy) is 2. The number of guanidine groups is 1. The molecule has 1 heterocycles. The van der Waals surface area contributed by atoms with Crippen molar-refractivity contribution in [3.63, 3.8) is 0 Å². The standard InChI is InChI=1S/C19H33N3O3.HI/c1-23-15-12-21-19(20-11-10-18-9-6-14-24-18)22-13-16-25-17-7-4-2-3-5-8-17;/h6,9,14,17H,2-5,7-8,10-13,15-16H2,1H3,(H2,20,21,22);1H. The molecule has 0 atom stereocenters. The molecule has 0 unspecified atom stereocenters. The first-order valence-electron chi connectivity index (χ1n) is 9.53. The first kappa shape index (κ1) is 23.2. The summed E-state index contributed by atoms with van der Waals surface area (Å²) >= 11 is 0. The second-order valence-electron chi connectivity index (χ2n) is 6.39. The Bertz CT molecular complexity index is 461. The van der Waals surface area contributed by atoms with Gasteiger partial charge >= 0.3 is 0 Å². The quantitative estimate of drug-likeness (QED) is 0.177. The molecular weight excluding hydrogens is 445 g/mol. The van der Waals surface area contributed by atoms with Crippen LogP contribution in [0.3, 0.4) is 0 Å². The van der Waals surface area contributed by atoms with E-state index in [4.69, 9.17) is 13.9 Å². The molecule has 1 fully saturated rings. The van der Waals surface area contributed by atoms with Gasteiger partial charge in [-0.25, -0.2) is 0 Å². The van der Waals surface area contributed by atoms with Gasteiger partial charge in [0.2, 0.25) is 0 Å². The number of nitrogens with one attached hydrogen (secondary N) is 2. The van der Waals surface area contributed by atoms with Gasteiger partial charge in [-0.05, 0) is 25.0 Å². The zero-order chi connectivity index (χ0) is 17.6. The van der Waals surface area contributed by atoms with E-state index in [9.17, 15) is 0 Å². The number of nitrogens with zero attached hydrogens (tertiary/aromatic N) is 1. The van der Waals surface area contributed by atoms with Crippen molar-refractivity contribution in [2.24, 2.45) is 4.99 Å². The van der Waals surface area contributed by atoms with Gasteiger partial charge in [0.05, 0.1) is 32.1 Å². The predicted octanol–water partition coefficient (Wildman–Crippen LogP) is 3.36. The minimum atomic E-state index is 0. The molecule has 6 nitrogen and oxygen atoms in total. The maximum absolute atomic E-state index is 6.00. The Labute approximate surface area is 174 Å². The van der Waals surface area contributed by atoms with E-state index >= 15 is 0 Å². The van der Waals surface area contributed by atoms with E-state index in [0.717, 1.165) is 31.2 Å². The summed E-state index contributed by atoms with van der Waals surface area (Å²) in [6.07, 6.45) is 10.7. The summed E-state index contributed by atoms with van der Waals surface area (Å²) in [5, 5.41) is 6.61. The fourth-order valence-electron chi connectivity index (χ4n) is 2.99. The van der Waals surface area contributed by atoms with Crippen LogP contribution in [-0.4, -0.2) is 52.0 Å². The summed E-state index contributed by atoms with van der Waals surface area (Å²) in [6, 6.07) is 3.89. The number of hydrogen-bond acceptors (Lipinski definition) is 4. The van der Waals surface area contributed by atoms with Gasteiger partial charge in [0.25, 0.3) is 0 Å². The number of methoxy groups -OCH3 is 1. The molecule has 2 rings (SSSR count). The summed E-state index contributed by atoms with van der Waals surface area (Å²) in [7, 11) is 1.70. The number of furan rings is 1. The first-order chi connectivity index (χ1) is 12.4. The van der Waals surface area contributed by atoms with E-state index in [0.29, 0.717) is 25.9 Å². The van der Waals surface area contributed by atoms with E-state index in [2.05, 4.69) is 15.6 Å². The minimum Gasteiger partial charge on any atom is -0.469 e. The number of hydrogen-bond donors (Lipinski definition) is 2. The predicted molar refractivity (Wildman–Crippen MR) is 115 cm³/mol. The number of rotatable bonds is 10. The maximum Gasteiger partial charge on any atom is 0.191 e. The molecule has 1 aromatic heterocycles. The van der Waals surface area contributed by atoms with Gasteiger partial charge in [-0.2, -0.15) is 0 Å². The molecule has 0 bridgehead atoms. The molecule has 2 N–H and O–H groups in total. The summed E-state index contributed by atoms with van der Waals surface area (Å²) in [6.45, 7) is 3.50. The average Bonchev–Trinajstić information content (AvgIpc) is 3.00. The first-order valence-corrected chi connectivity index (χ1v) is 9.53. The maximum atomic E-state index is 6.00. The van der Waals surface area contributed by atoms with E-state index in [1.54, 1.807) is 13.4 Å². The molecule has 0 spiro atoms. The molecule has 1 aliphatic rings. The molecule has 1 aromatic rings. The van der Waals surface area contributed by atoms with Gasteiger partial charge in [0.15, 0.2) is 5.96 Å². The lowest BCUT2D eigenvalue weighted by atomic mass is 10.1. The van der Waals surface area contributed by atoms with Crippen LogP contribution in [0.4, 0.5) is 0 Å². The van der Waals surface area contributed by atoms with E-state index < -0.39 is 0 Å². The summed E-state index contributed by atoms with van der Waals surface area (Å²) in [4.78, 5) is 4.61. The Hall–Kier alpha value is -0.800. The highest BCUT2D eigenvalue weighted by molar-refractivity contribution is 14.0. The van der Waals surface area contributed by atoms with Crippen molar-refractivity contribution in [2.45, 2.75) is 51.0 Å². The highest BCUT2D eigenvalue weighted by Gasteiger charge is 2.11. The van der Waals surface area contributed by atoms with E-state index in [-0.39, 0.29) is 24.0 Å². The third-order valence-corrected chi connectivity index (χ3v) is 4.36. The van der Waals surface area contributed by atoms with Crippen LogP contribution in [-0.2, 0) is 15.9 Å². The highest BCUT2D eigenvalue weighted by Crippen LogP contribution is 2.19.